The van der Waals surface area contributed by atoms with Crippen LogP contribution < -0.4 is 10.2 Å². The first kappa shape index (κ1) is 27.7. The topological polar surface area (TPSA) is 133 Å². The van der Waals surface area contributed by atoms with Gasteiger partial charge in [0.25, 0.3) is 0 Å². The molecule has 0 aromatic heterocycles. The summed E-state index contributed by atoms with van der Waals surface area (Å²) in [7, 11) is 0. The van der Waals surface area contributed by atoms with Gasteiger partial charge in [-0.1, -0.05) is 27.0 Å². The van der Waals surface area contributed by atoms with E-state index in [1.807, 2.05) is 0 Å². The number of hydrogen-bond donors (Lipinski definition) is 0. The Labute approximate surface area is 157 Å². The normalized spacial score (nSPS) is 11.4. The molecule has 2 unspecified atom stereocenters. The van der Waals surface area contributed by atoms with Gasteiger partial charge < -0.3 is 29.3 Å². The molecule has 0 aromatic carbocycles. The van der Waals surface area contributed by atoms with Crippen LogP contribution in [0.25, 0.3) is 0 Å². The third kappa shape index (κ3) is 12.9. The van der Waals surface area contributed by atoms with Gasteiger partial charge in [0, 0.05) is 11.1 Å². The molecule has 0 aromatic rings. The molecule has 145 valence electrons. The molecule has 0 N–H and O–H groups in total. The second kappa shape index (κ2) is 14.2. The largest absolute Gasteiger partial charge is 2.00 e. The predicted octanol–water partition coefficient (Wildman–Crippen LogP) is -0.734. The molecule has 1 radical (unpaired) electrons. The molecule has 0 rings (SSSR count). The van der Waals surface area contributed by atoms with E-state index in [0.717, 1.165) is 0 Å². The van der Waals surface area contributed by atoms with E-state index in [9.17, 15) is 29.4 Å². The van der Waals surface area contributed by atoms with Gasteiger partial charge in [-0.3, -0.25) is 0 Å². The van der Waals surface area contributed by atoms with Gasteiger partial charge in [-0.15, -0.1) is 0 Å². The summed E-state index contributed by atoms with van der Waals surface area (Å²) in [6, 6.07) is 0. The minimum atomic E-state index is -1.38. The number of carboxylic acid groups (broad SMARTS) is 2. The minimum absolute atomic E-state index is 0. The Kier molecular flexibility index (Phi) is 15.8. The Balaban J connectivity index is -0.000000372. The smallest absolute Gasteiger partial charge is 0.546 e. The van der Waals surface area contributed by atoms with E-state index in [4.69, 9.17) is 0 Å². The number of aliphatic carboxylic acids is 2. The molecule has 0 bridgehead atoms. The molecule has 25 heavy (non-hydrogen) atoms. The molecule has 0 saturated heterocycles. The molecule has 0 amide bonds. The zero-order valence-corrected chi connectivity index (χ0v) is 15.5. The number of hydrogen-bond acceptors (Lipinski definition) is 8. The molecule has 0 aliphatic rings. The van der Waals surface area contributed by atoms with Crippen LogP contribution in [-0.2, 0) is 45.7 Å². The third-order valence-corrected chi connectivity index (χ3v) is 2.46. The summed E-state index contributed by atoms with van der Waals surface area (Å²) in [4.78, 5) is 42.1. The van der Waals surface area contributed by atoms with Gasteiger partial charge in [-0.2, -0.15) is 0 Å². The third-order valence-electron chi connectivity index (χ3n) is 2.46. The average Bonchev–Trinajstić information content (AvgIpc) is 2.49. The number of carboxylic acids is 2. The maximum Gasteiger partial charge on any atom is 2.00 e. The van der Waals surface area contributed by atoms with Crippen molar-refractivity contribution in [1.82, 2.24) is 0 Å². The average molecular weight is 406 g/mol. The fourth-order valence-corrected chi connectivity index (χ4v) is 1.06. The zero-order valence-electron chi connectivity index (χ0n) is 14.6. The summed E-state index contributed by atoms with van der Waals surface area (Å²) in [5, 5.41) is 20.5. The van der Waals surface area contributed by atoms with Crippen molar-refractivity contribution in [2.24, 2.45) is 0 Å². The van der Waals surface area contributed by atoms with E-state index in [0.29, 0.717) is 0 Å². The number of carbonyl (C=O) groups is 4. The summed E-state index contributed by atoms with van der Waals surface area (Å²) >= 11 is 0. The molecule has 0 spiro atoms. The van der Waals surface area contributed by atoms with Crippen molar-refractivity contribution < 1.29 is 55.9 Å². The van der Waals surface area contributed by atoms with Crippen LogP contribution >= 0.6 is 0 Å². The summed E-state index contributed by atoms with van der Waals surface area (Å²) < 4.78 is 9.04. The zero-order chi connectivity index (χ0) is 19.4. The van der Waals surface area contributed by atoms with Gasteiger partial charge in [-0.05, 0) is 26.7 Å². The van der Waals surface area contributed by atoms with Crippen molar-refractivity contribution >= 4 is 23.9 Å². The molecule has 8 nitrogen and oxygen atoms in total. The van der Waals surface area contributed by atoms with Gasteiger partial charge in [0.1, 0.15) is 12.2 Å². The fraction of sp³-hybridized carbons (Fsp3) is 0.500. The monoisotopic (exact) mass is 405 g/mol. The maximum atomic E-state index is 10.8. The summed E-state index contributed by atoms with van der Waals surface area (Å²) in [6.07, 6.45) is -1.95. The number of carbonyl (C=O) groups excluding carboxylic acids is 4. The first-order valence-electron chi connectivity index (χ1n) is 7.12. The van der Waals surface area contributed by atoms with E-state index < -0.39 is 36.1 Å². The summed E-state index contributed by atoms with van der Waals surface area (Å²) in [6.45, 7) is 12.7. The first-order valence-corrected chi connectivity index (χ1v) is 7.12. The second-order valence-corrected chi connectivity index (χ2v) is 4.80. The minimum Gasteiger partial charge on any atom is -0.546 e. The van der Waals surface area contributed by atoms with Gasteiger partial charge >= 0.3 is 29.0 Å². The molecular formula is C16H22CuO8. The molecular weight excluding hydrogens is 384 g/mol. The van der Waals surface area contributed by atoms with Crippen molar-refractivity contribution in [3.8, 4) is 0 Å². The van der Waals surface area contributed by atoms with Gasteiger partial charge in [0.15, 0.2) is 0 Å². The van der Waals surface area contributed by atoms with Crippen molar-refractivity contribution in [2.75, 3.05) is 0 Å². The van der Waals surface area contributed by atoms with E-state index in [-0.39, 0.29) is 41.1 Å². The van der Waals surface area contributed by atoms with E-state index in [1.54, 1.807) is 13.8 Å². The van der Waals surface area contributed by atoms with Gasteiger partial charge in [0.2, 0.25) is 0 Å². The number of rotatable bonds is 8. The van der Waals surface area contributed by atoms with Crippen molar-refractivity contribution in [2.45, 2.75) is 52.7 Å². The van der Waals surface area contributed by atoms with Gasteiger partial charge in [0.05, 0.1) is 11.9 Å². The van der Waals surface area contributed by atoms with Crippen molar-refractivity contribution in [3.63, 3.8) is 0 Å². The Morgan fingerprint density at radius 1 is 0.800 bits per heavy atom. The van der Waals surface area contributed by atoms with Crippen LogP contribution in [0.2, 0.25) is 0 Å². The summed E-state index contributed by atoms with van der Waals surface area (Å²) in [5.41, 5.74) is 0.351. The molecule has 0 aliphatic heterocycles. The predicted molar refractivity (Wildman–Crippen MR) is 80.0 cm³/mol. The van der Waals surface area contributed by atoms with Crippen molar-refractivity contribution in [3.05, 3.63) is 24.3 Å². The van der Waals surface area contributed by atoms with Crippen LogP contribution in [0, 0.1) is 0 Å². The fourth-order valence-electron chi connectivity index (χ4n) is 1.06. The molecule has 9 heteroatoms. The van der Waals surface area contributed by atoms with Crippen LogP contribution in [0.1, 0.15) is 40.5 Å². The maximum absolute atomic E-state index is 10.8. The molecule has 0 fully saturated rings. The van der Waals surface area contributed by atoms with E-state index >= 15 is 0 Å². The Morgan fingerprint density at radius 3 is 1.16 bits per heavy atom. The molecule has 0 heterocycles. The SMILES string of the molecule is C=C(C)C(=O)OC(CC)C(=O)[O-].C=C(C)C(=O)OC(CC)C(=O)[O-].[Cu+2]. The summed E-state index contributed by atoms with van der Waals surface area (Å²) in [5.74, 6) is -4.17. The van der Waals surface area contributed by atoms with Crippen LogP contribution in [-0.4, -0.2) is 36.1 Å². The van der Waals surface area contributed by atoms with Crippen LogP contribution in [0.5, 0.6) is 0 Å². The quantitative estimate of drug-likeness (QED) is 0.293. The second-order valence-electron chi connectivity index (χ2n) is 4.80. The van der Waals surface area contributed by atoms with Gasteiger partial charge in [-0.25, -0.2) is 9.59 Å². The number of esters is 2. The number of ether oxygens (including phenoxy) is 2. The molecule has 0 aliphatic carbocycles. The molecule has 2 atom stereocenters. The Hall–Kier alpha value is -2.12. The van der Waals surface area contributed by atoms with Crippen LogP contribution in [0.3, 0.4) is 0 Å². The van der Waals surface area contributed by atoms with Crippen LogP contribution in [0.15, 0.2) is 24.3 Å². The Morgan fingerprint density at radius 2 is 1.04 bits per heavy atom. The standard InChI is InChI=1S/2C8H12O4.Cu/c2*1-4-6(7(9)10)12-8(11)5(2)3;/h2*6H,2,4H2,1,3H3,(H,9,10);/q;;+2/p-2. The van der Waals surface area contributed by atoms with E-state index in [1.165, 1.54) is 13.8 Å². The van der Waals surface area contributed by atoms with E-state index in [2.05, 4.69) is 22.6 Å². The Bertz CT molecular complexity index is 466. The first-order chi connectivity index (χ1) is 11.0. The molecule has 0 saturated carbocycles. The van der Waals surface area contributed by atoms with Crippen molar-refractivity contribution in [1.29, 1.82) is 0 Å². The van der Waals surface area contributed by atoms with Crippen LogP contribution in [0.4, 0.5) is 0 Å².